The number of hydrogen-bond donors (Lipinski definition) is 2. The molecule has 0 aliphatic rings. The number of aromatic nitrogens is 3. The Morgan fingerprint density at radius 1 is 1.31 bits per heavy atom. The van der Waals surface area contributed by atoms with Crippen molar-refractivity contribution in [3.63, 3.8) is 0 Å². The number of pyridine rings is 1. The molecule has 7 nitrogen and oxygen atoms in total. The van der Waals surface area contributed by atoms with Gasteiger partial charge in [0.2, 0.25) is 0 Å². The minimum atomic E-state index is -1.37. The minimum Gasteiger partial charge on any atom is -0.478 e. The first-order valence-electron chi connectivity index (χ1n) is 4.30. The van der Waals surface area contributed by atoms with Gasteiger partial charge >= 0.3 is 11.9 Å². The second-order valence-electron chi connectivity index (χ2n) is 3.18. The summed E-state index contributed by atoms with van der Waals surface area (Å²) < 4.78 is 1.38. The van der Waals surface area contributed by atoms with Crippen LogP contribution < -0.4 is 0 Å². The fraction of sp³-hybridized carbons (Fsp3) is 0.111. The van der Waals surface area contributed by atoms with Crippen molar-refractivity contribution in [3.8, 4) is 0 Å². The smallest absolute Gasteiger partial charge is 0.355 e. The Balaban J connectivity index is 2.83. The number of nitrogens with zero attached hydrogens (tertiary/aromatic N) is 3. The molecule has 0 radical (unpaired) electrons. The predicted molar refractivity (Wildman–Crippen MR) is 52.4 cm³/mol. The average molecular weight is 221 g/mol. The van der Waals surface area contributed by atoms with E-state index in [0.29, 0.717) is 11.0 Å². The molecule has 0 aliphatic carbocycles. The zero-order valence-electron chi connectivity index (χ0n) is 8.21. The zero-order valence-corrected chi connectivity index (χ0v) is 8.21. The van der Waals surface area contributed by atoms with Gasteiger partial charge in [0, 0.05) is 12.4 Å². The van der Waals surface area contributed by atoms with Crippen LogP contribution in [0.3, 0.4) is 0 Å². The molecular formula is C9H7N3O4. The quantitative estimate of drug-likeness (QED) is 0.758. The highest BCUT2D eigenvalue weighted by molar-refractivity contribution is 6.03. The first kappa shape index (κ1) is 10.1. The first-order chi connectivity index (χ1) is 7.50. The second kappa shape index (κ2) is 3.30. The maximum Gasteiger partial charge on any atom is 0.355 e. The summed E-state index contributed by atoms with van der Waals surface area (Å²) in [6.07, 6.45) is 1.43. The second-order valence-corrected chi connectivity index (χ2v) is 3.18. The van der Waals surface area contributed by atoms with E-state index in [2.05, 4.69) is 10.1 Å². The van der Waals surface area contributed by atoms with Crippen molar-refractivity contribution >= 4 is 23.0 Å². The highest BCUT2D eigenvalue weighted by atomic mass is 16.4. The van der Waals surface area contributed by atoms with E-state index in [4.69, 9.17) is 10.2 Å². The van der Waals surface area contributed by atoms with E-state index in [-0.39, 0.29) is 5.56 Å². The standard InChI is InChI=1S/C9H7N3O4/c1-12-7-4(3-10-12)2-5(8(13)14)6(11-7)9(15)16/h2-3H,1H3,(H,13,14)(H,15,16). The molecule has 16 heavy (non-hydrogen) atoms. The lowest BCUT2D eigenvalue weighted by atomic mass is 10.1. The van der Waals surface area contributed by atoms with Crippen molar-refractivity contribution in [2.75, 3.05) is 0 Å². The maximum atomic E-state index is 10.8. The van der Waals surface area contributed by atoms with E-state index in [1.165, 1.54) is 16.9 Å². The fourth-order valence-corrected chi connectivity index (χ4v) is 1.40. The van der Waals surface area contributed by atoms with Crippen molar-refractivity contribution in [2.45, 2.75) is 0 Å². The van der Waals surface area contributed by atoms with E-state index in [1.54, 1.807) is 7.05 Å². The van der Waals surface area contributed by atoms with Crippen molar-refractivity contribution in [1.29, 1.82) is 0 Å². The summed E-state index contributed by atoms with van der Waals surface area (Å²) in [7, 11) is 1.60. The van der Waals surface area contributed by atoms with Gasteiger partial charge in [-0.3, -0.25) is 4.68 Å². The molecule has 0 aliphatic heterocycles. The summed E-state index contributed by atoms with van der Waals surface area (Å²) in [5, 5.41) is 22.1. The van der Waals surface area contributed by atoms with Gasteiger partial charge in [0.1, 0.15) is 0 Å². The summed E-state index contributed by atoms with van der Waals surface area (Å²) >= 11 is 0. The number of carbonyl (C=O) groups is 2. The molecule has 2 N–H and O–H groups in total. The van der Waals surface area contributed by atoms with Gasteiger partial charge in [-0.05, 0) is 6.07 Å². The number of carboxylic acids is 2. The van der Waals surface area contributed by atoms with Gasteiger partial charge in [0.05, 0.1) is 11.8 Å². The topological polar surface area (TPSA) is 105 Å². The number of aryl methyl sites for hydroxylation is 1. The van der Waals surface area contributed by atoms with Gasteiger partial charge in [0.25, 0.3) is 0 Å². The normalized spacial score (nSPS) is 10.6. The molecule has 0 bridgehead atoms. The molecule has 2 aromatic rings. The SMILES string of the molecule is Cn1ncc2cc(C(=O)O)c(C(=O)O)nc21. The Labute approximate surface area is 88.9 Å². The molecule has 82 valence electrons. The van der Waals surface area contributed by atoms with E-state index < -0.39 is 17.6 Å². The van der Waals surface area contributed by atoms with Crippen LogP contribution in [0.1, 0.15) is 20.8 Å². The molecule has 0 saturated heterocycles. The Bertz CT molecular complexity index is 602. The van der Waals surface area contributed by atoms with Crippen LogP contribution in [0.15, 0.2) is 12.3 Å². The minimum absolute atomic E-state index is 0.336. The highest BCUT2D eigenvalue weighted by Crippen LogP contribution is 2.16. The van der Waals surface area contributed by atoms with Gasteiger partial charge in [-0.15, -0.1) is 0 Å². The number of aromatic carboxylic acids is 2. The van der Waals surface area contributed by atoms with Crippen LogP contribution in [0.5, 0.6) is 0 Å². The van der Waals surface area contributed by atoms with Crippen molar-refractivity contribution in [2.24, 2.45) is 7.05 Å². The lowest BCUT2D eigenvalue weighted by molar-refractivity contribution is 0.0647. The lowest BCUT2D eigenvalue weighted by Gasteiger charge is -2.01. The van der Waals surface area contributed by atoms with Crippen LogP contribution in [-0.4, -0.2) is 36.9 Å². The van der Waals surface area contributed by atoms with E-state index in [1.807, 2.05) is 0 Å². The molecule has 2 rings (SSSR count). The molecule has 0 amide bonds. The van der Waals surface area contributed by atoms with Crippen LogP contribution in [-0.2, 0) is 7.05 Å². The van der Waals surface area contributed by atoms with Crippen LogP contribution >= 0.6 is 0 Å². The Morgan fingerprint density at radius 2 is 2.00 bits per heavy atom. The Kier molecular flexibility index (Phi) is 2.08. The van der Waals surface area contributed by atoms with Gasteiger partial charge < -0.3 is 10.2 Å². The number of carboxylic acid groups (broad SMARTS) is 2. The van der Waals surface area contributed by atoms with E-state index in [0.717, 1.165) is 0 Å². The van der Waals surface area contributed by atoms with Gasteiger partial charge in [-0.1, -0.05) is 0 Å². The molecule has 2 heterocycles. The van der Waals surface area contributed by atoms with Crippen molar-refractivity contribution < 1.29 is 19.8 Å². The van der Waals surface area contributed by atoms with E-state index >= 15 is 0 Å². The van der Waals surface area contributed by atoms with Gasteiger partial charge in [0.15, 0.2) is 11.3 Å². The first-order valence-corrected chi connectivity index (χ1v) is 4.30. The number of rotatable bonds is 2. The third-order valence-corrected chi connectivity index (χ3v) is 2.14. The monoisotopic (exact) mass is 221 g/mol. The zero-order chi connectivity index (χ0) is 11.9. The molecule has 0 atom stereocenters. The lowest BCUT2D eigenvalue weighted by Crippen LogP contribution is -2.11. The molecule has 0 spiro atoms. The Morgan fingerprint density at radius 3 is 2.56 bits per heavy atom. The molecular weight excluding hydrogens is 214 g/mol. The average Bonchev–Trinajstić information content (AvgIpc) is 2.58. The van der Waals surface area contributed by atoms with Crippen molar-refractivity contribution in [3.05, 3.63) is 23.5 Å². The molecule has 0 unspecified atom stereocenters. The van der Waals surface area contributed by atoms with E-state index in [9.17, 15) is 9.59 Å². The maximum absolute atomic E-state index is 10.8. The third-order valence-electron chi connectivity index (χ3n) is 2.14. The van der Waals surface area contributed by atoms with Crippen LogP contribution in [0.4, 0.5) is 0 Å². The van der Waals surface area contributed by atoms with Gasteiger partial charge in [-0.2, -0.15) is 5.10 Å². The number of fused-ring (bicyclic) bond motifs is 1. The fourth-order valence-electron chi connectivity index (χ4n) is 1.40. The van der Waals surface area contributed by atoms with Crippen molar-refractivity contribution in [1.82, 2.24) is 14.8 Å². The molecule has 0 saturated carbocycles. The predicted octanol–water partition coefficient (Wildman–Crippen LogP) is 0.365. The number of hydrogen-bond acceptors (Lipinski definition) is 4. The highest BCUT2D eigenvalue weighted by Gasteiger charge is 2.19. The van der Waals surface area contributed by atoms with Crippen LogP contribution in [0.25, 0.3) is 11.0 Å². The van der Waals surface area contributed by atoms with Gasteiger partial charge in [-0.25, -0.2) is 14.6 Å². The summed E-state index contributed by atoms with van der Waals surface area (Å²) in [4.78, 5) is 25.5. The Hall–Kier alpha value is -2.44. The van der Waals surface area contributed by atoms with Crippen LogP contribution in [0.2, 0.25) is 0 Å². The molecule has 7 heteroatoms. The summed E-state index contributed by atoms with van der Waals surface area (Å²) in [5.41, 5.74) is -0.487. The summed E-state index contributed by atoms with van der Waals surface area (Å²) in [6, 6.07) is 1.25. The molecule has 2 aromatic heterocycles. The molecule has 0 fully saturated rings. The van der Waals surface area contributed by atoms with Crippen LogP contribution in [0, 0.1) is 0 Å². The summed E-state index contributed by atoms with van der Waals surface area (Å²) in [6.45, 7) is 0. The third kappa shape index (κ3) is 1.38. The summed E-state index contributed by atoms with van der Waals surface area (Å²) in [5.74, 6) is -2.70. The largest absolute Gasteiger partial charge is 0.478 e. The molecule has 0 aromatic carbocycles.